The minimum atomic E-state index is -3.81. The van der Waals surface area contributed by atoms with Crippen LogP contribution < -0.4 is 10.1 Å². The Morgan fingerprint density at radius 2 is 1.94 bits per heavy atom. The number of rotatable bonds is 6. The van der Waals surface area contributed by atoms with Gasteiger partial charge in [-0.15, -0.1) is 22.7 Å². The molecule has 1 saturated heterocycles. The fourth-order valence-corrected chi connectivity index (χ4v) is 7.44. The third kappa shape index (κ3) is 4.15. The predicted octanol–water partition coefficient (Wildman–Crippen LogP) is 4.83. The summed E-state index contributed by atoms with van der Waals surface area (Å²) >= 11 is 2.96. The molecule has 0 spiro atoms. The molecule has 2 aromatic carbocycles. The van der Waals surface area contributed by atoms with Crippen LogP contribution in [-0.4, -0.2) is 43.3 Å². The number of benzene rings is 2. The number of amides is 1. The molecule has 1 fully saturated rings. The number of ether oxygens (including phenoxy) is 1. The van der Waals surface area contributed by atoms with Gasteiger partial charge in [0.1, 0.15) is 21.8 Å². The molecule has 170 valence electrons. The molecule has 1 atom stereocenters. The van der Waals surface area contributed by atoms with Gasteiger partial charge in [0.25, 0.3) is 0 Å². The van der Waals surface area contributed by atoms with E-state index in [4.69, 9.17) is 4.74 Å². The molecule has 10 heteroatoms. The van der Waals surface area contributed by atoms with Crippen molar-refractivity contribution < 1.29 is 17.9 Å². The van der Waals surface area contributed by atoms with Gasteiger partial charge in [-0.1, -0.05) is 12.1 Å². The lowest BCUT2D eigenvalue weighted by atomic mass is 10.2. The first kappa shape index (κ1) is 22.0. The lowest BCUT2D eigenvalue weighted by molar-refractivity contribution is -0.119. The summed E-state index contributed by atoms with van der Waals surface area (Å²) in [5.74, 6) is 0.249. The molecule has 4 aromatic rings. The average Bonchev–Trinajstić information content (AvgIpc) is 3.57. The minimum Gasteiger partial charge on any atom is -0.497 e. The number of carbonyl (C=O) groups excluding carboxylic acids is 1. The molecule has 3 heterocycles. The monoisotopic (exact) mass is 499 g/mol. The highest BCUT2D eigenvalue weighted by Crippen LogP contribution is 2.38. The summed E-state index contributed by atoms with van der Waals surface area (Å²) in [4.78, 5) is 18.0. The summed E-state index contributed by atoms with van der Waals surface area (Å²) < 4.78 is 34.0. The Morgan fingerprint density at radius 1 is 1.15 bits per heavy atom. The van der Waals surface area contributed by atoms with Gasteiger partial charge < -0.3 is 10.1 Å². The Morgan fingerprint density at radius 3 is 2.70 bits per heavy atom. The third-order valence-electron chi connectivity index (χ3n) is 5.60. The number of fused-ring (bicyclic) bond motifs is 1. The van der Waals surface area contributed by atoms with E-state index in [2.05, 4.69) is 10.3 Å². The fourth-order valence-electron chi connectivity index (χ4n) is 3.93. The first-order chi connectivity index (χ1) is 16.0. The zero-order valence-corrected chi connectivity index (χ0v) is 20.2. The van der Waals surface area contributed by atoms with Gasteiger partial charge in [0.15, 0.2) is 0 Å². The lowest BCUT2D eigenvalue weighted by Crippen LogP contribution is -2.43. The quantitative estimate of drug-likeness (QED) is 0.411. The van der Waals surface area contributed by atoms with Crippen LogP contribution in [0.3, 0.4) is 0 Å². The molecule has 7 nitrogen and oxygen atoms in total. The largest absolute Gasteiger partial charge is 0.497 e. The van der Waals surface area contributed by atoms with Gasteiger partial charge in [-0.3, -0.25) is 4.79 Å². The summed E-state index contributed by atoms with van der Waals surface area (Å²) in [7, 11) is -2.28. The van der Waals surface area contributed by atoms with Crippen LogP contribution in [-0.2, 0) is 14.8 Å². The van der Waals surface area contributed by atoms with Gasteiger partial charge in [-0.2, -0.15) is 4.31 Å². The number of anilines is 1. The number of aromatic nitrogens is 1. The molecule has 1 aliphatic rings. The molecule has 5 rings (SSSR count). The molecule has 2 aromatic heterocycles. The Bertz CT molecular complexity index is 1380. The number of para-hydroxylation sites is 1. The van der Waals surface area contributed by atoms with E-state index in [1.54, 1.807) is 23.5 Å². The minimum absolute atomic E-state index is 0.147. The van der Waals surface area contributed by atoms with E-state index < -0.39 is 16.1 Å². The second-order valence-corrected chi connectivity index (χ2v) is 11.4. The van der Waals surface area contributed by atoms with E-state index in [1.165, 1.54) is 34.9 Å². The van der Waals surface area contributed by atoms with Crippen LogP contribution in [0.25, 0.3) is 20.8 Å². The number of thiazole rings is 1. The predicted molar refractivity (Wildman–Crippen MR) is 131 cm³/mol. The van der Waals surface area contributed by atoms with Gasteiger partial charge in [0.2, 0.25) is 15.9 Å². The first-order valence-corrected chi connectivity index (χ1v) is 13.5. The van der Waals surface area contributed by atoms with Crippen LogP contribution in [0, 0.1) is 0 Å². The topological polar surface area (TPSA) is 88.6 Å². The Hall–Kier alpha value is -2.79. The molecule has 0 radical (unpaired) electrons. The number of hydrogen-bond donors (Lipinski definition) is 1. The SMILES string of the molecule is COc1ccc(S(=O)(=O)N2CCCC2C(=O)Nc2sccc2-c2nc3ccccc3s2)cc1. The van der Waals surface area contributed by atoms with Gasteiger partial charge in [-0.25, -0.2) is 13.4 Å². The summed E-state index contributed by atoms with van der Waals surface area (Å²) in [6.07, 6.45) is 1.10. The van der Waals surface area contributed by atoms with E-state index in [1.807, 2.05) is 35.7 Å². The van der Waals surface area contributed by atoms with Crippen molar-refractivity contribution in [1.29, 1.82) is 0 Å². The molecular formula is C23H21N3O4S3. The zero-order valence-electron chi connectivity index (χ0n) is 17.7. The van der Waals surface area contributed by atoms with Crippen molar-refractivity contribution >= 4 is 53.8 Å². The number of sulfonamides is 1. The fraction of sp³-hybridized carbons (Fsp3) is 0.217. The van der Waals surface area contributed by atoms with Crippen LogP contribution >= 0.6 is 22.7 Å². The van der Waals surface area contributed by atoms with Crippen molar-refractivity contribution in [2.24, 2.45) is 0 Å². The van der Waals surface area contributed by atoms with Crippen molar-refractivity contribution in [3.05, 3.63) is 60.0 Å². The summed E-state index contributed by atoms with van der Waals surface area (Å²) in [6, 6.07) is 15.3. The van der Waals surface area contributed by atoms with Crippen molar-refractivity contribution in [2.45, 2.75) is 23.8 Å². The molecule has 0 bridgehead atoms. The summed E-state index contributed by atoms with van der Waals surface area (Å²) in [5.41, 5.74) is 1.76. The normalized spacial score (nSPS) is 16.8. The van der Waals surface area contributed by atoms with E-state index in [9.17, 15) is 13.2 Å². The Labute approximate surface area is 199 Å². The molecule has 0 aliphatic carbocycles. The van der Waals surface area contributed by atoms with E-state index >= 15 is 0 Å². The van der Waals surface area contributed by atoms with Crippen molar-refractivity contribution in [3.63, 3.8) is 0 Å². The Kier molecular flexibility index (Phi) is 5.92. The number of thiophene rings is 1. The highest BCUT2D eigenvalue weighted by atomic mass is 32.2. The summed E-state index contributed by atoms with van der Waals surface area (Å²) in [6.45, 7) is 0.307. The van der Waals surface area contributed by atoms with Crippen LogP contribution in [0.5, 0.6) is 5.75 Å². The van der Waals surface area contributed by atoms with Crippen LogP contribution in [0.15, 0.2) is 64.9 Å². The number of nitrogens with one attached hydrogen (secondary N) is 1. The third-order valence-corrected chi connectivity index (χ3v) is 9.42. The lowest BCUT2D eigenvalue weighted by Gasteiger charge is -2.23. The van der Waals surface area contributed by atoms with E-state index in [-0.39, 0.29) is 10.8 Å². The number of hydrogen-bond acceptors (Lipinski definition) is 7. The maximum atomic E-state index is 13.2. The first-order valence-electron chi connectivity index (χ1n) is 10.4. The van der Waals surface area contributed by atoms with Crippen molar-refractivity contribution in [3.8, 4) is 16.3 Å². The van der Waals surface area contributed by atoms with Crippen LogP contribution in [0.2, 0.25) is 0 Å². The highest BCUT2D eigenvalue weighted by Gasteiger charge is 2.39. The molecule has 1 N–H and O–H groups in total. The number of nitrogens with zero attached hydrogens (tertiary/aromatic N) is 2. The van der Waals surface area contributed by atoms with Crippen molar-refractivity contribution in [2.75, 3.05) is 19.0 Å². The Balaban J connectivity index is 1.38. The van der Waals surface area contributed by atoms with Gasteiger partial charge in [-0.05, 0) is 60.7 Å². The number of carbonyl (C=O) groups is 1. The van der Waals surface area contributed by atoms with Crippen LogP contribution in [0.1, 0.15) is 12.8 Å². The van der Waals surface area contributed by atoms with E-state index in [0.717, 1.165) is 20.8 Å². The maximum Gasteiger partial charge on any atom is 0.243 e. The standard InChI is InChI=1S/C23H21N3O4S3/c1-30-15-8-10-16(11-9-15)33(28,29)26-13-4-6-19(26)21(27)25-22-17(12-14-31-22)23-24-18-5-2-3-7-20(18)32-23/h2-3,5,7-12,14,19H,4,6,13H2,1H3,(H,25,27). The van der Waals surface area contributed by atoms with Crippen molar-refractivity contribution in [1.82, 2.24) is 9.29 Å². The average molecular weight is 500 g/mol. The molecule has 1 unspecified atom stereocenters. The molecule has 33 heavy (non-hydrogen) atoms. The molecular weight excluding hydrogens is 478 g/mol. The highest BCUT2D eigenvalue weighted by molar-refractivity contribution is 7.89. The van der Waals surface area contributed by atoms with E-state index in [0.29, 0.717) is 30.1 Å². The van der Waals surface area contributed by atoms with Crippen LogP contribution in [0.4, 0.5) is 5.00 Å². The second kappa shape index (κ2) is 8.86. The maximum absolute atomic E-state index is 13.2. The van der Waals surface area contributed by atoms with Gasteiger partial charge in [0, 0.05) is 12.1 Å². The molecule has 0 saturated carbocycles. The molecule has 1 aliphatic heterocycles. The number of methoxy groups -OCH3 is 1. The van der Waals surface area contributed by atoms with Gasteiger partial charge >= 0.3 is 0 Å². The van der Waals surface area contributed by atoms with Gasteiger partial charge in [0.05, 0.1) is 22.2 Å². The smallest absolute Gasteiger partial charge is 0.243 e. The second-order valence-electron chi connectivity index (χ2n) is 7.59. The molecule has 1 amide bonds. The zero-order chi connectivity index (χ0) is 23.0. The summed E-state index contributed by atoms with van der Waals surface area (Å²) in [5, 5.41) is 6.36.